The fourth-order valence-electron chi connectivity index (χ4n) is 1.72. The number of hydrogen-bond donors (Lipinski definition) is 0. The van der Waals surface area contributed by atoms with Gasteiger partial charge in [0, 0.05) is 18.2 Å². The van der Waals surface area contributed by atoms with E-state index >= 15 is 0 Å². The molecule has 0 atom stereocenters. The molecule has 0 amide bonds. The summed E-state index contributed by atoms with van der Waals surface area (Å²) >= 11 is 0. The highest BCUT2D eigenvalue weighted by Gasteiger charge is 1.96. The number of pyridine rings is 1. The van der Waals surface area contributed by atoms with Crippen LogP contribution in [0.15, 0.2) is 54.6 Å². The van der Waals surface area contributed by atoms with Gasteiger partial charge in [-0.25, -0.2) is 4.98 Å². The van der Waals surface area contributed by atoms with Crippen molar-refractivity contribution in [1.29, 1.82) is 0 Å². The second kappa shape index (κ2) is 3.70. The molecule has 0 aliphatic carbocycles. The topological polar surface area (TPSA) is 12.9 Å². The molecule has 0 fully saturated rings. The molecule has 1 heteroatoms. The molecule has 0 aliphatic rings. The Morgan fingerprint density at radius 1 is 0.667 bits per heavy atom. The van der Waals surface area contributed by atoms with Crippen LogP contribution < -0.4 is 0 Å². The normalized spacial score (nSPS) is 10.1. The van der Waals surface area contributed by atoms with E-state index in [1.807, 2.05) is 36.4 Å². The number of aromatic nitrogens is 1. The first-order valence-corrected chi connectivity index (χ1v) is 4.68. The summed E-state index contributed by atoms with van der Waals surface area (Å²) in [6.07, 6.45) is 0. The smallest absolute Gasteiger partial charge is 0.0709 e. The number of rotatable bonds is 0. The molecule has 0 unspecified atom stereocenters. The Labute approximate surface area is 89.4 Å². The lowest BCUT2D eigenvalue weighted by atomic mass is 10.1. The van der Waals surface area contributed by atoms with E-state index in [2.05, 4.69) is 23.2 Å². The number of hydrogen-bond acceptors (Lipinski definition) is 1. The second-order valence-corrected chi connectivity index (χ2v) is 3.37. The van der Waals surface area contributed by atoms with Gasteiger partial charge >= 0.3 is 0 Å². The van der Waals surface area contributed by atoms with Crippen LogP contribution in [0.2, 0.25) is 0 Å². The van der Waals surface area contributed by atoms with Gasteiger partial charge in [-0.15, -0.1) is 0 Å². The molecular weight excluding hydrogens is 182 g/mol. The highest BCUT2D eigenvalue weighted by Crippen LogP contribution is 2.18. The van der Waals surface area contributed by atoms with Crippen molar-refractivity contribution >= 4 is 21.8 Å². The van der Waals surface area contributed by atoms with E-state index in [0.29, 0.717) is 0 Å². The quantitative estimate of drug-likeness (QED) is 0.496. The molecule has 1 heterocycles. The molecule has 70 valence electrons. The van der Waals surface area contributed by atoms with Crippen molar-refractivity contribution in [2.75, 3.05) is 0 Å². The van der Waals surface area contributed by atoms with E-state index in [1.165, 1.54) is 10.8 Å². The van der Waals surface area contributed by atoms with Gasteiger partial charge in [-0.05, 0) is 18.2 Å². The van der Waals surface area contributed by atoms with Crippen molar-refractivity contribution in [1.82, 2.24) is 4.98 Å². The van der Waals surface area contributed by atoms with Crippen LogP contribution in [0, 0.1) is 7.43 Å². The summed E-state index contributed by atoms with van der Waals surface area (Å²) in [5.74, 6) is 0. The van der Waals surface area contributed by atoms with Crippen LogP contribution in [0.1, 0.15) is 0 Å². The van der Waals surface area contributed by atoms with Gasteiger partial charge in [0.1, 0.15) is 0 Å². The van der Waals surface area contributed by atoms with E-state index in [0.717, 1.165) is 11.0 Å². The monoisotopic (exact) mass is 191 g/mol. The molecule has 2 aromatic carbocycles. The van der Waals surface area contributed by atoms with Crippen molar-refractivity contribution in [3.8, 4) is 0 Å². The third-order valence-corrected chi connectivity index (χ3v) is 2.43. The zero-order chi connectivity index (χ0) is 9.38. The second-order valence-electron chi connectivity index (χ2n) is 3.37. The van der Waals surface area contributed by atoms with Gasteiger partial charge in [-0.3, -0.25) is 0 Å². The Hall–Kier alpha value is -1.89. The molecule has 3 rings (SSSR count). The Bertz CT molecular complexity index is 494. The van der Waals surface area contributed by atoms with Gasteiger partial charge in [0.15, 0.2) is 0 Å². The summed E-state index contributed by atoms with van der Waals surface area (Å²) in [5.41, 5.74) is 2.12. The molecule has 4 radical (unpaired) electrons. The molecular formula is C14H9N. The van der Waals surface area contributed by atoms with Crippen molar-refractivity contribution in [2.24, 2.45) is 0 Å². The zero-order valence-electron chi connectivity index (χ0n) is 8.14. The molecule has 0 spiro atoms. The van der Waals surface area contributed by atoms with E-state index in [1.54, 1.807) is 0 Å². The molecule has 0 saturated carbocycles. The molecule has 0 bridgehead atoms. The molecule has 1 aromatic heterocycles. The summed E-state index contributed by atoms with van der Waals surface area (Å²) in [4.78, 5) is 4.58. The maximum atomic E-state index is 4.58. The first kappa shape index (κ1) is 9.66. The Morgan fingerprint density at radius 2 is 1.13 bits per heavy atom. The minimum absolute atomic E-state index is 0. The van der Waals surface area contributed by atoms with E-state index in [-0.39, 0.29) is 7.43 Å². The highest BCUT2D eigenvalue weighted by molar-refractivity contribution is 5.92. The lowest BCUT2D eigenvalue weighted by molar-refractivity contribution is 1.50. The number of nitrogens with zero attached hydrogens (tertiary/aromatic N) is 1. The van der Waals surface area contributed by atoms with Crippen molar-refractivity contribution in [3.63, 3.8) is 0 Å². The summed E-state index contributed by atoms with van der Waals surface area (Å²) in [6, 6.07) is 18.6. The fraction of sp³-hybridized carbons (Fsp3) is 0. The van der Waals surface area contributed by atoms with Gasteiger partial charge < -0.3 is 0 Å². The maximum Gasteiger partial charge on any atom is 0.0709 e. The van der Waals surface area contributed by atoms with Gasteiger partial charge in [0.2, 0.25) is 0 Å². The van der Waals surface area contributed by atoms with Crippen molar-refractivity contribution < 1.29 is 0 Å². The summed E-state index contributed by atoms with van der Waals surface area (Å²) in [7, 11) is 0. The summed E-state index contributed by atoms with van der Waals surface area (Å²) in [6.45, 7) is 0. The van der Waals surface area contributed by atoms with Crippen molar-refractivity contribution in [2.45, 2.75) is 0 Å². The van der Waals surface area contributed by atoms with Crippen LogP contribution in [0.4, 0.5) is 0 Å². The molecule has 1 nitrogen and oxygen atoms in total. The number of fused-ring (bicyclic) bond motifs is 2. The first-order valence-electron chi connectivity index (χ1n) is 4.68. The molecule has 0 saturated heterocycles. The first-order chi connectivity index (χ1) is 6.93. The Kier molecular flexibility index (Phi) is 2.38. The van der Waals surface area contributed by atoms with Gasteiger partial charge in [0.05, 0.1) is 11.0 Å². The Morgan fingerprint density at radius 3 is 1.67 bits per heavy atom. The standard InChI is InChI=1S/C13H9N.C/c1-3-7-12-10(5-1)9-11-6-2-4-8-13(11)14-12;/h1-9H;. The molecule has 0 N–H and O–H groups in total. The third-order valence-electron chi connectivity index (χ3n) is 2.43. The van der Waals surface area contributed by atoms with E-state index in [9.17, 15) is 0 Å². The summed E-state index contributed by atoms with van der Waals surface area (Å²) in [5, 5.41) is 2.40. The average molecular weight is 191 g/mol. The van der Waals surface area contributed by atoms with Crippen LogP contribution in [0.25, 0.3) is 21.8 Å². The third kappa shape index (κ3) is 1.57. The van der Waals surface area contributed by atoms with Crippen molar-refractivity contribution in [3.05, 3.63) is 62.0 Å². The maximum absolute atomic E-state index is 4.58. The molecule has 3 aromatic rings. The SMILES string of the molecule is [C].c1ccc2nc3ccccc3cc2c1. The van der Waals surface area contributed by atoms with E-state index < -0.39 is 0 Å². The number of benzene rings is 2. The fourth-order valence-corrected chi connectivity index (χ4v) is 1.72. The lowest BCUT2D eigenvalue weighted by Crippen LogP contribution is -1.80. The minimum Gasteiger partial charge on any atom is -0.248 e. The van der Waals surface area contributed by atoms with Crippen LogP contribution in [0.3, 0.4) is 0 Å². The predicted molar refractivity (Wildman–Crippen MR) is 62.5 cm³/mol. The molecule has 15 heavy (non-hydrogen) atoms. The lowest BCUT2D eigenvalue weighted by Gasteiger charge is -1.99. The Balaban J connectivity index is 0.000000853. The minimum atomic E-state index is 0. The van der Waals surface area contributed by atoms with E-state index in [4.69, 9.17) is 0 Å². The summed E-state index contributed by atoms with van der Waals surface area (Å²) < 4.78 is 0. The number of para-hydroxylation sites is 2. The van der Waals surface area contributed by atoms with Gasteiger partial charge in [0.25, 0.3) is 0 Å². The average Bonchev–Trinajstić information content (AvgIpc) is 2.26. The largest absolute Gasteiger partial charge is 0.248 e. The zero-order valence-corrected chi connectivity index (χ0v) is 8.14. The predicted octanol–water partition coefficient (Wildman–Crippen LogP) is 3.47. The van der Waals surface area contributed by atoms with Crippen LogP contribution >= 0.6 is 0 Å². The van der Waals surface area contributed by atoms with Crippen LogP contribution in [-0.4, -0.2) is 4.98 Å². The van der Waals surface area contributed by atoms with Crippen LogP contribution in [0.5, 0.6) is 0 Å². The highest BCUT2D eigenvalue weighted by atomic mass is 14.7. The van der Waals surface area contributed by atoms with Crippen LogP contribution in [-0.2, 0) is 0 Å². The van der Waals surface area contributed by atoms with Gasteiger partial charge in [-0.1, -0.05) is 36.4 Å². The molecule has 0 aliphatic heterocycles. The van der Waals surface area contributed by atoms with Gasteiger partial charge in [-0.2, -0.15) is 0 Å².